The molecule has 0 amide bonds. The smallest absolute Gasteiger partial charge is 0.376 e. The summed E-state index contributed by atoms with van der Waals surface area (Å²) in [5.74, 6) is -0.238. The molecule has 0 aromatic rings. The Kier molecular flexibility index (Phi) is 5.05. The summed E-state index contributed by atoms with van der Waals surface area (Å²) in [6.07, 6.45) is 2.57. The molecule has 3 nitrogen and oxygen atoms in total. The van der Waals surface area contributed by atoms with Crippen molar-refractivity contribution < 1.29 is 25.8 Å². The van der Waals surface area contributed by atoms with Gasteiger partial charge in [-0.15, -0.1) is 0 Å². The Hall–Kier alpha value is -0.980. The zero-order chi connectivity index (χ0) is 13.0. The molecule has 0 aliphatic heterocycles. The van der Waals surface area contributed by atoms with E-state index in [0.717, 1.165) is 6.08 Å². The highest BCUT2D eigenvalue weighted by Crippen LogP contribution is 2.27. The molecular formula is C9H13F3O3S. The van der Waals surface area contributed by atoms with Crippen molar-refractivity contribution in [2.45, 2.75) is 25.8 Å². The molecule has 0 aromatic heterocycles. The largest absolute Gasteiger partial charge is 0.534 e. The molecule has 0 saturated heterocycles. The van der Waals surface area contributed by atoms with Gasteiger partial charge in [0.1, 0.15) is 5.76 Å². The first-order chi connectivity index (χ1) is 7.10. The standard InChI is InChI=1S/C9H13F3O3S/c1-4-8(6-5-7(2)3)15-16(13,14)9(10,11)12/h4,6-7H,1,5H2,2-3H3/b8-6+. The van der Waals surface area contributed by atoms with Crippen LogP contribution in [0.25, 0.3) is 0 Å². The van der Waals surface area contributed by atoms with Crippen LogP contribution in [0.5, 0.6) is 0 Å². The van der Waals surface area contributed by atoms with E-state index in [-0.39, 0.29) is 5.92 Å². The zero-order valence-corrected chi connectivity index (χ0v) is 9.73. The second-order valence-electron chi connectivity index (χ2n) is 3.42. The Morgan fingerprint density at radius 3 is 2.25 bits per heavy atom. The number of halogens is 3. The lowest BCUT2D eigenvalue weighted by atomic mass is 10.1. The average molecular weight is 258 g/mol. The molecule has 0 aliphatic carbocycles. The maximum absolute atomic E-state index is 12.0. The highest BCUT2D eigenvalue weighted by Gasteiger charge is 2.48. The monoisotopic (exact) mass is 258 g/mol. The summed E-state index contributed by atoms with van der Waals surface area (Å²) in [5.41, 5.74) is -5.42. The van der Waals surface area contributed by atoms with Crippen molar-refractivity contribution in [2.24, 2.45) is 5.92 Å². The summed E-state index contributed by atoms with van der Waals surface area (Å²) in [5, 5.41) is 0. The maximum Gasteiger partial charge on any atom is 0.534 e. The van der Waals surface area contributed by atoms with Crippen molar-refractivity contribution in [1.29, 1.82) is 0 Å². The lowest BCUT2D eigenvalue weighted by molar-refractivity contribution is -0.0519. The zero-order valence-electron chi connectivity index (χ0n) is 8.91. The van der Waals surface area contributed by atoms with E-state index in [2.05, 4.69) is 10.8 Å². The highest BCUT2D eigenvalue weighted by atomic mass is 32.2. The first-order valence-corrected chi connectivity index (χ1v) is 5.84. The topological polar surface area (TPSA) is 43.4 Å². The van der Waals surface area contributed by atoms with Gasteiger partial charge >= 0.3 is 15.6 Å². The van der Waals surface area contributed by atoms with Gasteiger partial charge in [0.2, 0.25) is 0 Å². The summed E-state index contributed by atoms with van der Waals surface area (Å²) in [7, 11) is -5.60. The van der Waals surface area contributed by atoms with Crippen LogP contribution >= 0.6 is 0 Å². The van der Waals surface area contributed by atoms with E-state index < -0.39 is 21.4 Å². The second-order valence-corrected chi connectivity index (χ2v) is 4.96. The van der Waals surface area contributed by atoms with Crippen LogP contribution in [0.2, 0.25) is 0 Å². The molecule has 0 saturated carbocycles. The first-order valence-electron chi connectivity index (χ1n) is 4.43. The first kappa shape index (κ1) is 15.0. The van der Waals surface area contributed by atoms with Crippen molar-refractivity contribution >= 4 is 10.1 Å². The summed E-state index contributed by atoms with van der Waals surface area (Å²) in [6, 6.07) is 0. The summed E-state index contributed by atoms with van der Waals surface area (Å²) >= 11 is 0. The number of hydrogen-bond donors (Lipinski definition) is 0. The quantitative estimate of drug-likeness (QED) is 0.329. The third kappa shape index (κ3) is 4.69. The van der Waals surface area contributed by atoms with Gasteiger partial charge in [0, 0.05) is 0 Å². The molecule has 7 heteroatoms. The van der Waals surface area contributed by atoms with Crippen LogP contribution in [-0.4, -0.2) is 13.9 Å². The van der Waals surface area contributed by atoms with Crippen LogP contribution < -0.4 is 0 Å². The molecule has 0 fully saturated rings. The Morgan fingerprint density at radius 1 is 1.44 bits per heavy atom. The molecule has 0 unspecified atom stereocenters. The molecular weight excluding hydrogens is 245 g/mol. The minimum absolute atomic E-state index is 0.173. The lowest BCUT2D eigenvalue weighted by Crippen LogP contribution is -2.25. The molecule has 0 N–H and O–H groups in total. The minimum atomic E-state index is -5.60. The predicted molar refractivity (Wildman–Crippen MR) is 53.8 cm³/mol. The van der Waals surface area contributed by atoms with Gasteiger partial charge in [-0.2, -0.15) is 21.6 Å². The molecule has 0 aliphatic rings. The number of rotatable bonds is 5. The molecule has 0 heterocycles. The van der Waals surface area contributed by atoms with Crippen molar-refractivity contribution in [2.75, 3.05) is 0 Å². The summed E-state index contributed by atoms with van der Waals surface area (Å²) in [4.78, 5) is 0. The van der Waals surface area contributed by atoms with E-state index in [0.29, 0.717) is 6.42 Å². The Balaban J connectivity index is 4.82. The van der Waals surface area contributed by atoms with Gasteiger partial charge < -0.3 is 4.18 Å². The number of allylic oxidation sites excluding steroid dienone is 2. The Morgan fingerprint density at radius 2 is 1.94 bits per heavy atom. The number of alkyl halides is 3. The van der Waals surface area contributed by atoms with Crippen LogP contribution in [0.3, 0.4) is 0 Å². The van der Waals surface area contributed by atoms with Gasteiger partial charge in [-0.1, -0.05) is 20.4 Å². The molecule has 0 aromatic carbocycles. The molecule has 0 spiro atoms. The number of hydrogen-bond acceptors (Lipinski definition) is 3. The third-order valence-corrected chi connectivity index (χ3v) is 2.46. The molecule has 0 atom stereocenters. The SMILES string of the molecule is C=C/C(=C\CC(C)C)OS(=O)(=O)C(F)(F)F. The fourth-order valence-electron chi connectivity index (χ4n) is 0.677. The maximum atomic E-state index is 12.0. The average Bonchev–Trinajstić information content (AvgIpc) is 2.09. The normalized spacial score (nSPS) is 14.0. The van der Waals surface area contributed by atoms with Crippen LogP contribution in [0.4, 0.5) is 13.2 Å². The van der Waals surface area contributed by atoms with E-state index in [1.807, 2.05) is 13.8 Å². The highest BCUT2D eigenvalue weighted by molar-refractivity contribution is 7.87. The molecule has 16 heavy (non-hydrogen) atoms. The van der Waals surface area contributed by atoms with Gasteiger partial charge in [0.25, 0.3) is 0 Å². The van der Waals surface area contributed by atoms with Crippen molar-refractivity contribution in [3.63, 3.8) is 0 Å². The summed E-state index contributed by atoms with van der Waals surface area (Å²) < 4.78 is 61.0. The van der Waals surface area contributed by atoms with Crippen LogP contribution in [0, 0.1) is 5.92 Å². The fraction of sp³-hybridized carbons (Fsp3) is 0.556. The van der Waals surface area contributed by atoms with E-state index >= 15 is 0 Å². The van der Waals surface area contributed by atoms with Gasteiger partial charge in [-0.3, -0.25) is 0 Å². The second kappa shape index (κ2) is 5.38. The van der Waals surface area contributed by atoms with Gasteiger partial charge in [0.15, 0.2) is 0 Å². The van der Waals surface area contributed by atoms with Gasteiger partial charge in [0.05, 0.1) is 0 Å². The van der Waals surface area contributed by atoms with Crippen LogP contribution in [-0.2, 0) is 14.3 Å². The molecule has 94 valence electrons. The van der Waals surface area contributed by atoms with Crippen molar-refractivity contribution in [3.05, 3.63) is 24.5 Å². The third-order valence-electron chi connectivity index (χ3n) is 1.48. The fourth-order valence-corrected chi connectivity index (χ4v) is 1.16. The van der Waals surface area contributed by atoms with Crippen molar-refractivity contribution in [1.82, 2.24) is 0 Å². The predicted octanol–water partition coefficient (Wildman–Crippen LogP) is 2.97. The minimum Gasteiger partial charge on any atom is -0.376 e. The molecule has 0 radical (unpaired) electrons. The van der Waals surface area contributed by atoms with Crippen LogP contribution in [0.15, 0.2) is 24.5 Å². The Bertz CT molecular complexity index is 366. The van der Waals surface area contributed by atoms with E-state index in [1.54, 1.807) is 0 Å². The summed E-state index contributed by atoms with van der Waals surface area (Å²) in [6.45, 7) is 6.84. The van der Waals surface area contributed by atoms with Gasteiger partial charge in [-0.25, -0.2) is 0 Å². The van der Waals surface area contributed by atoms with E-state index in [1.165, 1.54) is 6.08 Å². The van der Waals surface area contributed by atoms with Gasteiger partial charge in [-0.05, 0) is 24.5 Å². The van der Waals surface area contributed by atoms with E-state index in [9.17, 15) is 21.6 Å². The lowest BCUT2D eigenvalue weighted by Gasteiger charge is -2.10. The van der Waals surface area contributed by atoms with E-state index in [4.69, 9.17) is 0 Å². The van der Waals surface area contributed by atoms with Crippen LogP contribution in [0.1, 0.15) is 20.3 Å². The molecule has 0 bridgehead atoms. The van der Waals surface area contributed by atoms with Crippen molar-refractivity contribution in [3.8, 4) is 0 Å². The molecule has 0 rings (SSSR count). The Labute approximate surface area is 92.7 Å².